The van der Waals surface area contributed by atoms with E-state index in [2.05, 4.69) is 19.9 Å². The van der Waals surface area contributed by atoms with E-state index in [0.29, 0.717) is 49.0 Å². The third kappa shape index (κ3) is 5.08. The van der Waals surface area contributed by atoms with Gasteiger partial charge < -0.3 is 19.1 Å². The Morgan fingerprint density at radius 3 is 2.08 bits per heavy atom. The van der Waals surface area contributed by atoms with Crippen molar-refractivity contribution in [1.29, 1.82) is 0 Å². The minimum atomic E-state index is -2.84. The number of nitrogens with zero attached hydrogens (tertiary/aromatic N) is 6. The third-order valence-electron chi connectivity index (χ3n) is 6.35. The highest BCUT2D eigenvalue weighted by atomic mass is 19.3. The molecule has 1 aliphatic rings. The Morgan fingerprint density at radius 2 is 1.41 bits per heavy atom. The summed E-state index contributed by atoms with van der Waals surface area (Å²) in [6.07, 6.45) is -2.84. The van der Waals surface area contributed by atoms with E-state index in [1.54, 1.807) is 43.5 Å². The minimum Gasteiger partial charge on any atom is -0.497 e. The first-order valence-corrected chi connectivity index (χ1v) is 12.4. The number of fused-ring (bicyclic) bond motifs is 1. The molecule has 1 saturated heterocycles. The van der Waals surface area contributed by atoms with Gasteiger partial charge in [-0.3, -0.25) is 4.57 Å². The normalized spacial score (nSPS) is 13.7. The van der Waals surface area contributed by atoms with Crippen LogP contribution in [0.5, 0.6) is 17.5 Å². The average molecular weight is 531 g/mol. The van der Waals surface area contributed by atoms with Gasteiger partial charge in [0.05, 0.1) is 31.4 Å². The maximum atomic E-state index is 14.1. The molecule has 0 aliphatic carbocycles. The predicted octanol–water partition coefficient (Wildman–Crippen LogP) is 5.45. The third-order valence-corrected chi connectivity index (χ3v) is 6.35. The molecule has 11 heteroatoms. The second-order valence-corrected chi connectivity index (χ2v) is 8.77. The summed E-state index contributed by atoms with van der Waals surface area (Å²) in [5.74, 6) is 1.12. The zero-order chi connectivity index (χ0) is 26.8. The Balaban J connectivity index is 1.38. The van der Waals surface area contributed by atoms with E-state index in [1.807, 2.05) is 41.3 Å². The summed E-state index contributed by atoms with van der Waals surface area (Å²) in [6.45, 7) is 2.10. The standard InChI is InChI=1S/C28H24F2N6O3/c1-37-20-10-6-18(7-11-20)19-8-12-21(13-9-19)39-28-33-26(35-14-16-38-17-15-35)32-27(34-28)36-23-5-3-2-4-22(23)31-25(36)24(29)30/h2-13,24H,14-17H2,1H3. The van der Waals surface area contributed by atoms with E-state index in [-0.39, 0.29) is 12.0 Å². The van der Waals surface area contributed by atoms with Gasteiger partial charge in [-0.05, 0) is 47.5 Å². The van der Waals surface area contributed by atoms with Gasteiger partial charge in [-0.25, -0.2) is 13.8 Å². The molecule has 198 valence electrons. The van der Waals surface area contributed by atoms with Crippen molar-refractivity contribution in [3.63, 3.8) is 0 Å². The van der Waals surface area contributed by atoms with Gasteiger partial charge in [-0.15, -0.1) is 0 Å². The Bertz CT molecular complexity index is 1590. The molecular weight excluding hydrogens is 506 g/mol. The molecule has 0 amide bonds. The molecule has 9 nitrogen and oxygen atoms in total. The van der Waals surface area contributed by atoms with Crippen molar-refractivity contribution in [2.45, 2.75) is 6.43 Å². The van der Waals surface area contributed by atoms with Gasteiger partial charge in [0.25, 0.3) is 6.43 Å². The molecule has 0 saturated carbocycles. The summed E-state index contributed by atoms with van der Waals surface area (Å²) < 4.78 is 46.1. The van der Waals surface area contributed by atoms with Crippen LogP contribution in [0.15, 0.2) is 72.8 Å². The van der Waals surface area contributed by atoms with E-state index < -0.39 is 12.2 Å². The Kier molecular flexibility index (Phi) is 6.72. The number of methoxy groups -OCH3 is 1. The van der Waals surface area contributed by atoms with Gasteiger partial charge in [0, 0.05) is 13.1 Å². The maximum Gasteiger partial charge on any atom is 0.328 e. The molecule has 0 N–H and O–H groups in total. The number of morpholine rings is 1. The topological polar surface area (TPSA) is 87.4 Å². The lowest BCUT2D eigenvalue weighted by molar-refractivity contribution is 0.122. The number of para-hydroxylation sites is 2. The number of halogens is 2. The predicted molar refractivity (Wildman–Crippen MR) is 141 cm³/mol. The molecule has 0 unspecified atom stereocenters. The van der Waals surface area contributed by atoms with Crippen LogP contribution >= 0.6 is 0 Å². The highest BCUT2D eigenvalue weighted by Gasteiger charge is 2.24. The van der Waals surface area contributed by atoms with E-state index in [1.165, 1.54) is 4.57 Å². The number of aromatic nitrogens is 5. The molecule has 39 heavy (non-hydrogen) atoms. The highest BCUT2D eigenvalue weighted by Crippen LogP contribution is 2.30. The van der Waals surface area contributed by atoms with Crippen molar-refractivity contribution in [2.24, 2.45) is 0 Å². The number of imidazole rings is 1. The van der Waals surface area contributed by atoms with Gasteiger partial charge >= 0.3 is 6.01 Å². The minimum absolute atomic E-state index is 0.000319. The van der Waals surface area contributed by atoms with Crippen LogP contribution < -0.4 is 14.4 Å². The molecule has 2 aromatic heterocycles. The van der Waals surface area contributed by atoms with Gasteiger partial charge in [0.15, 0.2) is 5.82 Å². The van der Waals surface area contributed by atoms with Gasteiger partial charge in [0.1, 0.15) is 11.5 Å². The zero-order valence-electron chi connectivity index (χ0n) is 21.0. The second-order valence-electron chi connectivity index (χ2n) is 8.77. The quantitative estimate of drug-likeness (QED) is 0.275. The van der Waals surface area contributed by atoms with Gasteiger partial charge in [0.2, 0.25) is 11.9 Å². The first-order valence-electron chi connectivity index (χ1n) is 12.4. The fourth-order valence-electron chi connectivity index (χ4n) is 4.39. The Labute approximate surface area is 222 Å². The molecule has 0 atom stereocenters. The first-order chi connectivity index (χ1) is 19.1. The van der Waals surface area contributed by atoms with Crippen LogP contribution in [0.1, 0.15) is 12.2 Å². The van der Waals surface area contributed by atoms with Crippen LogP contribution in [0.2, 0.25) is 0 Å². The Morgan fingerprint density at radius 1 is 0.769 bits per heavy atom. The van der Waals surface area contributed by atoms with E-state index in [4.69, 9.17) is 14.2 Å². The van der Waals surface area contributed by atoms with Crippen molar-refractivity contribution in [1.82, 2.24) is 24.5 Å². The number of anilines is 1. The van der Waals surface area contributed by atoms with Crippen molar-refractivity contribution in [3.05, 3.63) is 78.6 Å². The maximum absolute atomic E-state index is 14.1. The van der Waals surface area contributed by atoms with Crippen molar-refractivity contribution < 1.29 is 23.0 Å². The fraction of sp³-hybridized carbons (Fsp3) is 0.214. The molecule has 0 spiro atoms. The SMILES string of the molecule is COc1ccc(-c2ccc(Oc3nc(N4CCOCC4)nc(-n4c(C(F)F)nc5ccccc54)n3)cc2)cc1. The lowest BCUT2D eigenvalue weighted by Gasteiger charge is -2.27. The van der Waals surface area contributed by atoms with E-state index >= 15 is 0 Å². The Hall–Kier alpha value is -4.64. The van der Waals surface area contributed by atoms with Crippen LogP contribution in [-0.4, -0.2) is 57.9 Å². The smallest absolute Gasteiger partial charge is 0.328 e. The van der Waals surface area contributed by atoms with Crippen molar-refractivity contribution >= 4 is 17.0 Å². The largest absolute Gasteiger partial charge is 0.497 e. The number of hydrogen-bond acceptors (Lipinski definition) is 8. The summed E-state index contributed by atoms with van der Waals surface area (Å²) in [5, 5.41) is 0. The van der Waals surface area contributed by atoms with Crippen molar-refractivity contribution in [2.75, 3.05) is 38.3 Å². The van der Waals surface area contributed by atoms with Crippen LogP contribution in [0.25, 0.3) is 28.1 Å². The molecule has 0 bridgehead atoms. The number of ether oxygens (including phenoxy) is 3. The molecule has 0 radical (unpaired) electrons. The van der Waals surface area contributed by atoms with Crippen LogP contribution in [0.3, 0.4) is 0 Å². The summed E-state index contributed by atoms with van der Waals surface area (Å²) in [7, 11) is 1.63. The molecular formula is C28H24F2N6O3. The summed E-state index contributed by atoms with van der Waals surface area (Å²) in [6, 6.07) is 22.0. The zero-order valence-corrected chi connectivity index (χ0v) is 21.0. The first kappa shape index (κ1) is 24.7. The molecule has 3 aromatic carbocycles. The lowest BCUT2D eigenvalue weighted by Crippen LogP contribution is -2.37. The molecule has 3 heterocycles. The monoisotopic (exact) mass is 530 g/mol. The fourth-order valence-corrected chi connectivity index (χ4v) is 4.39. The summed E-state index contributed by atoms with van der Waals surface area (Å²) >= 11 is 0. The number of benzene rings is 3. The van der Waals surface area contributed by atoms with Crippen molar-refractivity contribution in [3.8, 4) is 34.6 Å². The van der Waals surface area contributed by atoms with Crippen LogP contribution in [0.4, 0.5) is 14.7 Å². The average Bonchev–Trinajstić information content (AvgIpc) is 3.38. The number of rotatable bonds is 7. The number of alkyl halides is 2. The van der Waals surface area contributed by atoms with Crippen LogP contribution in [-0.2, 0) is 4.74 Å². The van der Waals surface area contributed by atoms with Gasteiger partial charge in [-0.2, -0.15) is 15.0 Å². The van der Waals surface area contributed by atoms with Crippen LogP contribution in [0, 0.1) is 0 Å². The molecule has 6 rings (SSSR count). The molecule has 1 aliphatic heterocycles. The second kappa shape index (κ2) is 10.6. The van der Waals surface area contributed by atoms with Gasteiger partial charge in [-0.1, -0.05) is 36.4 Å². The van der Waals surface area contributed by atoms with E-state index in [0.717, 1.165) is 16.9 Å². The number of hydrogen-bond donors (Lipinski definition) is 0. The highest BCUT2D eigenvalue weighted by molar-refractivity contribution is 5.77. The van der Waals surface area contributed by atoms with E-state index in [9.17, 15) is 8.78 Å². The molecule has 1 fully saturated rings. The summed E-state index contributed by atoms with van der Waals surface area (Å²) in [4.78, 5) is 19.5. The lowest BCUT2D eigenvalue weighted by atomic mass is 10.1. The molecule has 5 aromatic rings. The summed E-state index contributed by atoms with van der Waals surface area (Å²) in [5.41, 5.74) is 2.88.